The summed E-state index contributed by atoms with van der Waals surface area (Å²) >= 11 is 1.57. The summed E-state index contributed by atoms with van der Waals surface area (Å²) in [4.78, 5) is 16.4. The number of amides is 1. The lowest BCUT2D eigenvalue weighted by Crippen LogP contribution is -2.35. The molecule has 1 aliphatic rings. The van der Waals surface area contributed by atoms with E-state index in [4.69, 9.17) is 4.74 Å². The quantitative estimate of drug-likeness (QED) is 0.661. The molecule has 0 saturated carbocycles. The van der Waals surface area contributed by atoms with Crippen molar-refractivity contribution in [1.29, 1.82) is 0 Å². The van der Waals surface area contributed by atoms with E-state index in [-0.39, 0.29) is 17.8 Å². The highest BCUT2D eigenvalue weighted by molar-refractivity contribution is 7.10. The van der Waals surface area contributed by atoms with Gasteiger partial charge in [-0.3, -0.25) is 9.69 Å². The summed E-state index contributed by atoms with van der Waals surface area (Å²) in [5.74, 6) is -0.433. The van der Waals surface area contributed by atoms with Crippen molar-refractivity contribution < 1.29 is 13.9 Å². The van der Waals surface area contributed by atoms with Crippen LogP contribution in [0.3, 0.4) is 0 Å². The van der Waals surface area contributed by atoms with Crippen molar-refractivity contribution in [3.63, 3.8) is 0 Å². The summed E-state index contributed by atoms with van der Waals surface area (Å²) in [5, 5.41) is 5.09. The van der Waals surface area contributed by atoms with E-state index < -0.39 is 0 Å². The summed E-state index contributed by atoms with van der Waals surface area (Å²) in [7, 11) is 0. The maximum atomic E-state index is 13.4. The van der Waals surface area contributed by atoms with Crippen molar-refractivity contribution in [2.24, 2.45) is 0 Å². The Bertz CT molecular complexity index is 938. The molecule has 1 saturated heterocycles. The number of thiophene rings is 1. The van der Waals surface area contributed by atoms with E-state index in [2.05, 4.69) is 10.2 Å². The van der Waals surface area contributed by atoms with Crippen molar-refractivity contribution in [3.8, 4) is 0 Å². The summed E-state index contributed by atoms with van der Waals surface area (Å²) < 4.78 is 18.8. The largest absolute Gasteiger partial charge is 0.379 e. The topological polar surface area (TPSA) is 41.6 Å². The van der Waals surface area contributed by atoms with Gasteiger partial charge in [-0.2, -0.15) is 0 Å². The fourth-order valence-corrected chi connectivity index (χ4v) is 4.27. The van der Waals surface area contributed by atoms with Crippen molar-refractivity contribution in [2.45, 2.75) is 12.6 Å². The highest BCUT2D eigenvalue weighted by atomic mass is 32.1. The van der Waals surface area contributed by atoms with Gasteiger partial charge in [0.15, 0.2) is 0 Å². The molecule has 2 aromatic carbocycles. The van der Waals surface area contributed by atoms with Gasteiger partial charge in [-0.25, -0.2) is 4.39 Å². The van der Waals surface area contributed by atoms with E-state index in [1.807, 2.05) is 41.8 Å². The molecule has 29 heavy (non-hydrogen) atoms. The normalized spacial score (nSPS) is 15.8. The fraction of sp³-hybridized carbons (Fsp3) is 0.261. The van der Waals surface area contributed by atoms with Crippen LogP contribution in [0, 0.1) is 5.82 Å². The number of nitrogens with one attached hydrogen (secondary N) is 1. The fourth-order valence-electron chi connectivity index (χ4n) is 3.47. The zero-order valence-electron chi connectivity index (χ0n) is 16.0. The van der Waals surface area contributed by atoms with Crippen LogP contribution in [-0.4, -0.2) is 37.1 Å². The molecule has 0 spiro atoms. The molecular weight excluding hydrogens is 387 g/mol. The van der Waals surface area contributed by atoms with E-state index in [0.717, 1.165) is 48.9 Å². The number of hydrogen-bond donors (Lipinski definition) is 1. The third kappa shape index (κ3) is 5.09. The number of hydrogen-bond acceptors (Lipinski definition) is 4. The van der Waals surface area contributed by atoms with Gasteiger partial charge in [0.05, 0.1) is 19.3 Å². The van der Waals surface area contributed by atoms with Gasteiger partial charge in [-0.15, -0.1) is 11.3 Å². The first kappa shape index (κ1) is 19.8. The Hall–Kier alpha value is -2.54. The van der Waals surface area contributed by atoms with E-state index >= 15 is 0 Å². The van der Waals surface area contributed by atoms with Crippen molar-refractivity contribution in [2.75, 3.05) is 26.3 Å². The Labute approximate surface area is 173 Å². The first-order valence-corrected chi connectivity index (χ1v) is 10.6. The maximum absolute atomic E-state index is 13.4. The average molecular weight is 411 g/mol. The minimum Gasteiger partial charge on any atom is -0.379 e. The zero-order chi connectivity index (χ0) is 20.1. The number of halogens is 1. The Morgan fingerprint density at radius 1 is 1.10 bits per heavy atom. The zero-order valence-corrected chi connectivity index (χ0v) is 16.8. The Kier molecular flexibility index (Phi) is 6.34. The van der Waals surface area contributed by atoms with Crippen LogP contribution >= 0.6 is 11.3 Å². The second-order valence-electron chi connectivity index (χ2n) is 7.06. The second-order valence-corrected chi connectivity index (χ2v) is 8.04. The van der Waals surface area contributed by atoms with Gasteiger partial charge in [-0.05, 0) is 46.8 Å². The van der Waals surface area contributed by atoms with E-state index in [9.17, 15) is 9.18 Å². The summed E-state index contributed by atoms with van der Waals surface area (Å²) in [6.07, 6.45) is 0. The first-order valence-electron chi connectivity index (χ1n) is 9.68. The summed E-state index contributed by atoms with van der Waals surface area (Å²) in [6.45, 7) is 4.11. The molecule has 0 radical (unpaired) electrons. The van der Waals surface area contributed by atoms with Crippen LogP contribution in [0.2, 0.25) is 0 Å². The molecule has 1 aliphatic heterocycles. The Morgan fingerprint density at radius 2 is 1.90 bits per heavy atom. The molecule has 0 aliphatic carbocycles. The Morgan fingerprint density at radius 3 is 2.62 bits per heavy atom. The van der Waals surface area contributed by atoms with Crippen LogP contribution in [0.15, 0.2) is 66.0 Å². The minimum atomic E-state index is -0.314. The van der Waals surface area contributed by atoms with Crippen LogP contribution in [-0.2, 0) is 11.3 Å². The number of carbonyl (C=O) groups is 1. The van der Waals surface area contributed by atoms with Crippen LogP contribution in [0.1, 0.15) is 32.4 Å². The number of nitrogens with zero attached hydrogens (tertiary/aromatic N) is 1. The van der Waals surface area contributed by atoms with Crippen molar-refractivity contribution in [1.82, 2.24) is 10.2 Å². The predicted molar refractivity (Wildman–Crippen MR) is 113 cm³/mol. The molecule has 3 aromatic rings. The van der Waals surface area contributed by atoms with E-state index in [1.165, 1.54) is 12.1 Å². The molecule has 0 bridgehead atoms. The van der Waals surface area contributed by atoms with Gasteiger partial charge in [-0.1, -0.05) is 30.3 Å². The minimum absolute atomic E-state index is 0.142. The predicted octanol–water partition coefficient (Wildman–Crippen LogP) is 4.24. The van der Waals surface area contributed by atoms with Crippen molar-refractivity contribution >= 4 is 17.2 Å². The molecule has 1 atom stereocenters. The average Bonchev–Trinajstić information content (AvgIpc) is 3.28. The lowest BCUT2D eigenvalue weighted by atomic mass is 10.0. The molecule has 1 unspecified atom stereocenters. The number of carbonyl (C=O) groups excluding carboxylic acids is 1. The summed E-state index contributed by atoms with van der Waals surface area (Å²) in [6, 6.07) is 17.6. The maximum Gasteiger partial charge on any atom is 0.252 e. The van der Waals surface area contributed by atoms with Gasteiger partial charge < -0.3 is 10.1 Å². The lowest BCUT2D eigenvalue weighted by Gasteiger charge is -2.26. The second kappa shape index (κ2) is 9.31. The SMILES string of the molecule is O=C(NC(c1ccc(F)cc1)c1cccs1)c1cccc(CN2CCOCC2)c1. The highest BCUT2D eigenvalue weighted by Gasteiger charge is 2.19. The van der Waals surface area contributed by atoms with E-state index in [1.54, 1.807) is 23.5 Å². The van der Waals surface area contributed by atoms with Gasteiger partial charge in [0.2, 0.25) is 0 Å². The molecule has 4 nitrogen and oxygen atoms in total. The summed E-state index contributed by atoms with van der Waals surface area (Å²) in [5.41, 5.74) is 2.58. The molecule has 1 aromatic heterocycles. The molecule has 150 valence electrons. The van der Waals surface area contributed by atoms with Crippen molar-refractivity contribution in [3.05, 3.63) is 93.4 Å². The molecule has 4 rings (SSSR count). The molecular formula is C23H23FN2O2S. The van der Waals surface area contributed by atoms with Gasteiger partial charge in [0, 0.05) is 30.1 Å². The highest BCUT2D eigenvalue weighted by Crippen LogP contribution is 2.27. The molecule has 6 heteroatoms. The van der Waals surface area contributed by atoms with Crippen LogP contribution in [0.25, 0.3) is 0 Å². The third-order valence-corrected chi connectivity index (χ3v) is 5.94. The van der Waals surface area contributed by atoms with Crippen LogP contribution in [0.5, 0.6) is 0 Å². The van der Waals surface area contributed by atoms with Gasteiger partial charge >= 0.3 is 0 Å². The number of ether oxygens (including phenoxy) is 1. The molecule has 1 N–H and O–H groups in total. The Balaban J connectivity index is 1.51. The third-order valence-electron chi connectivity index (χ3n) is 5.01. The standard InChI is InChI=1S/C23H23FN2O2S/c24-20-8-6-18(7-9-20)22(21-5-2-14-29-21)25-23(27)19-4-1-3-17(15-19)16-26-10-12-28-13-11-26/h1-9,14-15,22H,10-13,16H2,(H,25,27). The number of benzene rings is 2. The lowest BCUT2D eigenvalue weighted by molar-refractivity contribution is 0.0342. The smallest absolute Gasteiger partial charge is 0.252 e. The van der Waals surface area contributed by atoms with Crippen LogP contribution in [0.4, 0.5) is 4.39 Å². The molecule has 1 amide bonds. The number of morpholine rings is 1. The molecule has 1 fully saturated rings. The molecule has 2 heterocycles. The van der Waals surface area contributed by atoms with Gasteiger partial charge in [0.1, 0.15) is 5.82 Å². The first-order chi connectivity index (χ1) is 14.2. The van der Waals surface area contributed by atoms with Crippen LogP contribution < -0.4 is 5.32 Å². The monoisotopic (exact) mass is 410 g/mol. The van der Waals surface area contributed by atoms with E-state index in [0.29, 0.717) is 5.56 Å². The van der Waals surface area contributed by atoms with Gasteiger partial charge in [0.25, 0.3) is 5.91 Å². The number of rotatable bonds is 6.